The van der Waals surface area contributed by atoms with Crippen LogP contribution in [0.15, 0.2) is 71.6 Å². The van der Waals surface area contributed by atoms with E-state index < -0.39 is 28.5 Å². The van der Waals surface area contributed by atoms with Gasteiger partial charge < -0.3 is 10.2 Å². The molecular weight excluding hydrogens is 581 g/mol. The molecule has 7 nitrogen and oxygen atoms in total. The van der Waals surface area contributed by atoms with Gasteiger partial charge in [0.15, 0.2) is 0 Å². The Kier molecular flexibility index (Phi) is 11.2. The fourth-order valence-electron chi connectivity index (χ4n) is 4.25. The SMILES string of the molecule is CC[C@H](C(=O)NCC(C)C)N(Cc1ccc(Cl)c(Cl)c1)C(=O)CN(c1ccc(C)cc1)S(=O)(=O)c1ccc(C)cc1. The van der Waals surface area contributed by atoms with E-state index in [0.717, 1.165) is 15.4 Å². The van der Waals surface area contributed by atoms with Gasteiger partial charge in [-0.1, -0.05) is 85.4 Å². The van der Waals surface area contributed by atoms with E-state index in [2.05, 4.69) is 5.32 Å². The van der Waals surface area contributed by atoms with E-state index in [9.17, 15) is 18.0 Å². The van der Waals surface area contributed by atoms with Crippen LogP contribution in [0.5, 0.6) is 0 Å². The second-order valence-corrected chi connectivity index (χ2v) is 13.2. The maximum absolute atomic E-state index is 14.1. The van der Waals surface area contributed by atoms with Crippen molar-refractivity contribution in [1.29, 1.82) is 0 Å². The quantitative estimate of drug-likeness (QED) is 0.255. The monoisotopic (exact) mass is 617 g/mol. The fraction of sp³-hybridized carbons (Fsp3) is 0.355. The van der Waals surface area contributed by atoms with Crippen LogP contribution in [0.3, 0.4) is 0 Å². The first-order chi connectivity index (χ1) is 19.3. The average molecular weight is 619 g/mol. The molecule has 0 spiro atoms. The van der Waals surface area contributed by atoms with Crippen molar-refractivity contribution >= 4 is 50.7 Å². The third-order valence-corrected chi connectivity index (χ3v) is 9.14. The molecule has 0 aliphatic rings. The second kappa shape index (κ2) is 14.2. The van der Waals surface area contributed by atoms with E-state index in [0.29, 0.717) is 34.3 Å². The molecule has 0 aliphatic heterocycles. The van der Waals surface area contributed by atoms with Gasteiger partial charge in [-0.25, -0.2) is 8.42 Å². The van der Waals surface area contributed by atoms with Crippen molar-refractivity contribution in [2.75, 3.05) is 17.4 Å². The summed E-state index contributed by atoms with van der Waals surface area (Å²) in [4.78, 5) is 28.9. The maximum atomic E-state index is 14.1. The molecular formula is C31H37Cl2N3O4S. The van der Waals surface area contributed by atoms with E-state index in [4.69, 9.17) is 23.2 Å². The predicted molar refractivity (Wildman–Crippen MR) is 166 cm³/mol. The van der Waals surface area contributed by atoms with Crippen LogP contribution in [0.25, 0.3) is 0 Å². The van der Waals surface area contributed by atoms with Gasteiger partial charge in [-0.05, 0) is 68.1 Å². The number of halogens is 2. The molecule has 1 atom stereocenters. The number of carbonyl (C=O) groups is 2. The smallest absolute Gasteiger partial charge is 0.264 e. The average Bonchev–Trinajstić information content (AvgIpc) is 2.93. The Morgan fingerprint density at radius 2 is 1.46 bits per heavy atom. The molecule has 0 unspecified atom stereocenters. The number of hydrogen-bond acceptors (Lipinski definition) is 4. The molecule has 3 aromatic carbocycles. The highest BCUT2D eigenvalue weighted by Crippen LogP contribution is 2.27. The molecule has 41 heavy (non-hydrogen) atoms. The van der Waals surface area contributed by atoms with Crippen molar-refractivity contribution in [3.63, 3.8) is 0 Å². The Morgan fingerprint density at radius 1 is 0.878 bits per heavy atom. The molecule has 2 amide bonds. The zero-order valence-corrected chi connectivity index (χ0v) is 26.4. The van der Waals surface area contributed by atoms with Crippen molar-refractivity contribution in [2.24, 2.45) is 5.92 Å². The molecule has 0 radical (unpaired) electrons. The number of amides is 2. The molecule has 0 fully saturated rings. The Morgan fingerprint density at radius 3 is 2.00 bits per heavy atom. The van der Waals surface area contributed by atoms with Gasteiger partial charge in [-0.2, -0.15) is 0 Å². The summed E-state index contributed by atoms with van der Waals surface area (Å²) in [6.07, 6.45) is 0.326. The van der Waals surface area contributed by atoms with E-state index in [-0.39, 0.29) is 23.3 Å². The number of nitrogens with one attached hydrogen (secondary N) is 1. The van der Waals surface area contributed by atoms with Gasteiger partial charge in [0, 0.05) is 13.1 Å². The molecule has 0 aliphatic carbocycles. The summed E-state index contributed by atoms with van der Waals surface area (Å²) in [6, 6.07) is 17.6. The lowest BCUT2D eigenvalue weighted by Gasteiger charge is -2.33. The minimum atomic E-state index is -4.12. The first-order valence-corrected chi connectivity index (χ1v) is 15.7. The van der Waals surface area contributed by atoms with E-state index in [1.807, 2.05) is 34.6 Å². The van der Waals surface area contributed by atoms with Crippen LogP contribution in [-0.4, -0.2) is 44.3 Å². The summed E-state index contributed by atoms with van der Waals surface area (Å²) in [5, 5.41) is 3.60. The first-order valence-electron chi connectivity index (χ1n) is 13.5. The Labute approximate surface area is 253 Å². The van der Waals surface area contributed by atoms with Crippen LogP contribution in [0, 0.1) is 19.8 Å². The van der Waals surface area contributed by atoms with Gasteiger partial charge >= 0.3 is 0 Å². The van der Waals surface area contributed by atoms with Crippen molar-refractivity contribution in [1.82, 2.24) is 10.2 Å². The number of nitrogens with zero attached hydrogens (tertiary/aromatic N) is 2. The van der Waals surface area contributed by atoms with Gasteiger partial charge in [0.05, 0.1) is 20.6 Å². The number of anilines is 1. The zero-order chi connectivity index (χ0) is 30.3. The topological polar surface area (TPSA) is 86.8 Å². The Balaban J connectivity index is 2.05. The molecule has 10 heteroatoms. The third-order valence-electron chi connectivity index (χ3n) is 6.62. The normalized spacial score (nSPS) is 12.2. The van der Waals surface area contributed by atoms with E-state index in [1.165, 1.54) is 17.0 Å². The summed E-state index contributed by atoms with van der Waals surface area (Å²) in [7, 11) is -4.12. The minimum absolute atomic E-state index is 0.0373. The second-order valence-electron chi connectivity index (χ2n) is 10.5. The molecule has 0 heterocycles. The molecule has 3 aromatic rings. The van der Waals surface area contributed by atoms with Crippen molar-refractivity contribution in [2.45, 2.75) is 58.5 Å². The van der Waals surface area contributed by atoms with Crippen LogP contribution >= 0.6 is 23.2 Å². The first kappa shape index (κ1) is 32.4. The van der Waals surface area contributed by atoms with Crippen LogP contribution in [-0.2, 0) is 26.2 Å². The number of rotatable bonds is 12. The minimum Gasteiger partial charge on any atom is -0.354 e. The van der Waals surface area contributed by atoms with Crippen LogP contribution < -0.4 is 9.62 Å². The van der Waals surface area contributed by atoms with E-state index in [1.54, 1.807) is 54.6 Å². The lowest BCUT2D eigenvalue weighted by atomic mass is 10.1. The number of carbonyl (C=O) groups excluding carboxylic acids is 2. The molecule has 0 saturated carbocycles. The van der Waals surface area contributed by atoms with Crippen LogP contribution in [0.2, 0.25) is 10.0 Å². The largest absolute Gasteiger partial charge is 0.354 e. The van der Waals surface area contributed by atoms with Crippen molar-refractivity contribution in [3.05, 3.63) is 93.5 Å². The number of sulfonamides is 1. The fourth-order valence-corrected chi connectivity index (χ4v) is 5.99. The number of aryl methyl sites for hydroxylation is 2. The standard InChI is InChI=1S/C31H37Cl2N3O4S/c1-6-29(31(38)34-18-21(2)3)35(19-24-11-16-27(32)28(33)17-24)30(37)20-36(25-12-7-22(4)8-13-25)41(39,40)26-14-9-23(5)10-15-26/h7-17,21,29H,6,18-20H2,1-5H3,(H,34,38)/t29-/m1/s1. The Hall–Kier alpha value is -3.07. The van der Waals surface area contributed by atoms with E-state index >= 15 is 0 Å². The summed E-state index contributed by atoms with van der Waals surface area (Å²) in [6.45, 7) is 9.52. The molecule has 0 aromatic heterocycles. The third kappa shape index (κ3) is 8.47. The summed E-state index contributed by atoms with van der Waals surface area (Å²) in [5.41, 5.74) is 2.86. The molecule has 0 saturated heterocycles. The van der Waals surface area contributed by atoms with Crippen LogP contribution in [0.4, 0.5) is 5.69 Å². The van der Waals surface area contributed by atoms with Gasteiger partial charge in [-0.3, -0.25) is 13.9 Å². The van der Waals surface area contributed by atoms with Gasteiger partial charge in [0.25, 0.3) is 10.0 Å². The van der Waals surface area contributed by atoms with Gasteiger partial charge in [0.2, 0.25) is 11.8 Å². The van der Waals surface area contributed by atoms with Crippen molar-refractivity contribution in [3.8, 4) is 0 Å². The Bertz CT molecular complexity index is 1460. The van der Waals surface area contributed by atoms with Gasteiger partial charge in [0.1, 0.15) is 12.6 Å². The van der Waals surface area contributed by atoms with Crippen LogP contribution in [0.1, 0.15) is 43.9 Å². The lowest BCUT2D eigenvalue weighted by molar-refractivity contribution is -0.140. The molecule has 0 bridgehead atoms. The number of hydrogen-bond donors (Lipinski definition) is 1. The zero-order valence-electron chi connectivity index (χ0n) is 24.0. The lowest BCUT2D eigenvalue weighted by Crippen LogP contribution is -2.52. The molecule has 1 N–H and O–H groups in total. The summed E-state index contributed by atoms with van der Waals surface area (Å²) < 4.78 is 28.9. The highest BCUT2D eigenvalue weighted by Gasteiger charge is 2.33. The predicted octanol–water partition coefficient (Wildman–Crippen LogP) is 6.39. The van der Waals surface area contributed by atoms with Crippen molar-refractivity contribution < 1.29 is 18.0 Å². The summed E-state index contributed by atoms with van der Waals surface area (Å²) >= 11 is 12.4. The highest BCUT2D eigenvalue weighted by atomic mass is 35.5. The highest BCUT2D eigenvalue weighted by molar-refractivity contribution is 7.92. The molecule has 220 valence electrons. The number of benzene rings is 3. The maximum Gasteiger partial charge on any atom is 0.264 e. The van der Waals surface area contributed by atoms with Gasteiger partial charge in [-0.15, -0.1) is 0 Å². The summed E-state index contributed by atoms with van der Waals surface area (Å²) in [5.74, 6) is -0.621. The molecule has 3 rings (SSSR count).